The first-order valence-corrected chi connectivity index (χ1v) is 10.1. The summed E-state index contributed by atoms with van der Waals surface area (Å²) in [5.41, 5.74) is 1.38. The van der Waals surface area contributed by atoms with E-state index in [1.165, 1.54) is 24.3 Å². The number of hydrogen-bond donors (Lipinski definition) is 0. The summed E-state index contributed by atoms with van der Waals surface area (Å²) in [5, 5.41) is 11.8. The van der Waals surface area contributed by atoms with Crippen LogP contribution in [0, 0.1) is 10.1 Å². The molecule has 0 N–H and O–H groups in total. The summed E-state index contributed by atoms with van der Waals surface area (Å²) >= 11 is 12.3. The first-order chi connectivity index (χ1) is 15.4. The number of para-hydroxylation sites is 1. The van der Waals surface area contributed by atoms with Gasteiger partial charge in [-0.2, -0.15) is 0 Å². The number of hydrogen-bond acceptors (Lipinski definition) is 6. The molecule has 32 heavy (non-hydrogen) atoms. The van der Waals surface area contributed by atoms with Crippen molar-refractivity contribution in [3.8, 4) is 5.75 Å². The number of non-ortho nitro benzene ring substituents is 1. The predicted molar refractivity (Wildman–Crippen MR) is 121 cm³/mol. The van der Waals surface area contributed by atoms with Crippen molar-refractivity contribution >= 4 is 46.8 Å². The Morgan fingerprint density at radius 3 is 2.56 bits per heavy atom. The van der Waals surface area contributed by atoms with Gasteiger partial charge in [0.15, 0.2) is 5.70 Å². The zero-order chi connectivity index (χ0) is 22.7. The van der Waals surface area contributed by atoms with Crippen LogP contribution in [-0.2, 0) is 16.1 Å². The van der Waals surface area contributed by atoms with Gasteiger partial charge in [-0.3, -0.25) is 10.1 Å². The summed E-state index contributed by atoms with van der Waals surface area (Å²) in [4.78, 5) is 27.1. The van der Waals surface area contributed by atoms with E-state index in [1.54, 1.807) is 30.3 Å². The summed E-state index contributed by atoms with van der Waals surface area (Å²) in [7, 11) is 0. The number of ether oxygens (including phenoxy) is 2. The monoisotopic (exact) mass is 468 g/mol. The second-order valence-electron chi connectivity index (χ2n) is 6.68. The molecule has 0 spiro atoms. The van der Waals surface area contributed by atoms with E-state index in [4.69, 9.17) is 32.7 Å². The fourth-order valence-corrected chi connectivity index (χ4v) is 3.35. The molecule has 9 heteroatoms. The molecule has 0 unspecified atom stereocenters. The number of nitrogens with zero attached hydrogens (tertiary/aromatic N) is 2. The number of nitro groups is 1. The summed E-state index contributed by atoms with van der Waals surface area (Å²) in [6.45, 7) is 0.238. The number of aliphatic imine (C=N–C) groups is 1. The lowest BCUT2D eigenvalue weighted by Gasteiger charge is -2.10. The fraction of sp³-hybridized carbons (Fsp3) is 0.0435. The molecule has 7 nitrogen and oxygen atoms in total. The number of esters is 1. The molecule has 1 aliphatic heterocycles. The molecule has 160 valence electrons. The van der Waals surface area contributed by atoms with Crippen LogP contribution in [0.4, 0.5) is 5.69 Å². The van der Waals surface area contributed by atoms with Crippen molar-refractivity contribution in [2.45, 2.75) is 6.61 Å². The fourth-order valence-electron chi connectivity index (χ4n) is 2.96. The third-order valence-electron chi connectivity index (χ3n) is 4.56. The number of cyclic esters (lactones) is 1. The van der Waals surface area contributed by atoms with Crippen LogP contribution in [0.2, 0.25) is 10.0 Å². The number of nitro benzene ring substituents is 1. The number of halogens is 2. The van der Waals surface area contributed by atoms with Crippen LogP contribution >= 0.6 is 23.2 Å². The van der Waals surface area contributed by atoms with E-state index in [0.717, 1.165) is 5.56 Å². The molecular formula is C23H14Cl2N2O5. The maximum atomic E-state index is 12.4. The van der Waals surface area contributed by atoms with Gasteiger partial charge in [-0.15, -0.1) is 0 Å². The topological polar surface area (TPSA) is 91.0 Å². The molecule has 0 saturated heterocycles. The lowest BCUT2D eigenvalue weighted by Crippen LogP contribution is -2.06. The molecule has 3 aromatic carbocycles. The van der Waals surface area contributed by atoms with Gasteiger partial charge in [0, 0.05) is 28.3 Å². The molecule has 0 saturated carbocycles. The lowest BCUT2D eigenvalue weighted by atomic mass is 10.1. The molecule has 0 aliphatic carbocycles. The zero-order valence-corrected chi connectivity index (χ0v) is 17.8. The maximum Gasteiger partial charge on any atom is 0.363 e. The van der Waals surface area contributed by atoms with Crippen LogP contribution in [0.25, 0.3) is 6.08 Å². The van der Waals surface area contributed by atoms with Crippen molar-refractivity contribution in [2.75, 3.05) is 0 Å². The van der Waals surface area contributed by atoms with Crippen molar-refractivity contribution in [1.82, 2.24) is 0 Å². The highest BCUT2D eigenvalue weighted by Gasteiger charge is 2.27. The van der Waals surface area contributed by atoms with Gasteiger partial charge >= 0.3 is 5.97 Å². The summed E-state index contributed by atoms with van der Waals surface area (Å²) in [6, 6.07) is 18.2. The molecule has 0 amide bonds. The highest BCUT2D eigenvalue weighted by atomic mass is 35.5. The van der Waals surface area contributed by atoms with E-state index in [1.807, 2.05) is 18.2 Å². The van der Waals surface area contributed by atoms with Gasteiger partial charge in [-0.25, -0.2) is 9.79 Å². The van der Waals surface area contributed by atoms with Gasteiger partial charge in [0.05, 0.1) is 15.5 Å². The third-order valence-corrected chi connectivity index (χ3v) is 5.26. The van der Waals surface area contributed by atoms with Crippen LogP contribution in [0.3, 0.4) is 0 Å². The van der Waals surface area contributed by atoms with E-state index in [2.05, 4.69) is 4.99 Å². The first kappa shape index (κ1) is 21.5. The Labute approximate surface area is 192 Å². The second-order valence-corrected chi connectivity index (χ2v) is 7.49. The van der Waals surface area contributed by atoms with E-state index < -0.39 is 10.9 Å². The maximum absolute atomic E-state index is 12.4. The van der Waals surface area contributed by atoms with Gasteiger partial charge in [-0.1, -0.05) is 59.6 Å². The van der Waals surface area contributed by atoms with Gasteiger partial charge in [0.2, 0.25) is 5.90 Å². The van der Waals surface area contributed by atoms with Crippen molar-refractivity contribution < 1.29 is 19.2 Å². The molecule has 1 aliphatic rings. The minimum absolute atomic E-state index is 0.0105. The number of carbonyl (C=O) groups excluding carboxylic acids is 1. The smallest absolute Gasteiger partial charge is 0.363 e. The van der Waals surface area contributed by atoms with Crippen molar-refractivity contribution in [3.63, 3.8) is 0 Å². The molecular weight excluding hydrogens is 455 g/mol. The van der Waals surface area contributed by atoms with Crippen molar-refractivity contribution in [3.05, 3.63) is 109 Å². The summed E-state index contributed by atoms with van der Waals surface area (Å²) < 4.78 is 11.1. The molecule has 1 heterocycles. The third kappa shape index (κ3) is 4.64. The Kier molecular flexibility index (Phi) is 6.20. The predicted octanol–water partition coefficient (Wildman–Crippen LogP) is 5.83. The number of rotatable bonds is 6. The molecule has 0 atom stereocenters. The molecule has 0 fully saturated rings. The van der Waals surface area contributed by atoms with E-state index in [9.17, 15) is 14.9 Å². The Morgan fingerprint density at radius 2 is 1.78 bits per heavy atom. The average molecular weight is 469 g/mol. The summed E-state index contributed by atoms with van der Waals surface area (Å²) in [5.74, 6) is -0.294. The minimum atomic E-state index is -0.705. The van der Waals surface area contributed by atoms with Crippen LogP contribution in [0.5, 0.6) is 5.75 Å². The molecule has 0 radical (unpaired) electrons. The highest BCUT2D eigenvalue weighted by molar-refractivity contribution is 6.34. The van der Waals surface area contributed by atoms with E-state index in [-0.39, 0.29) is 34.5 Å². The van der Waals surface area contributed by atoms with Crippen molar-refractivity contribution in [2.24, 2.45) is 4.99 Å². The number of benzene rings is 3. The van der Waals surface area contributed by atoms with Gasteiger partial charge in [0.25, 0.3) is 5.69 Å². The number of carbonyl (C=O) groups is 1. The normalized spacial score (nSPS) is 14.2. The van der Waals surface area contributed by atoms with Crippen LogP contribution < -0.4 is 4.74 Å². The molecule has 0 bridgehead atoms. The van der Waals surface area contributed by atoms with Crippen LogP contribution in [-0.4, -0.2) is 16.8 Å². The van der Waals surface area contributed by atoms with Crippen molar-refractivity contribution in [1.29, 1.82) is 0 Å². The molecule has 0 aromatic heterocycles. The average Bonchev–Trinajstić information content (AvgIpc) is 3.14. The highest BCUT2D eigenvalue weighted by Crippen LogP contribution is 2.29. The van der Waals surface area contributed by atoms with Gasteiger partial charge in [0.1, 0.15) is 12.4 Å². The Balaban J connectivity index is 1.63. The van der Waals surface area contributed by atoms with E-state index >= 15 is 0 Å². The quantitative estimate of drug-likeness (QED) is 0.196. The molecule has 4 rings (SSSR count). The summed E-state index contributed by atoms with van der Waals surface area (Å²) in [6.07, 6.45) is 1.52. The van der Waals surface area contributed by atoms with E-state index in [0.29, 0.717) is 16.3 Å². The van der Waals surface area contributed by atoms with Crippen LogP contribution in [0.1, 0.15) is 16.7 Å². The second kappa shape index (κ2) is 9.21. The Morgan fingerprint density at radius 1 is 1.03 bits per heavy atom. The van der Waals surface area contributed by atoms with Gasteiger partial charge < -0.3 is 9.47 Å². The Hall–Kier alpha value is -3.68. The molecule has 3 aromatic rings. The lowest BCUT2D eigenvalue weighted by molar-refractivity contribution is -0.384. The minimum Gasteiger partial charge on any atom is -0.488 e. The van der Waals surface area contributed by atoms with Gasteiger partial charge in [-0.05, 0) is 24.3 Å². The SMILES string of the molecule is O=C1OC(c2cc([N+](=O)[O-])ccc2Cl)=N/C1=C\c1ccccc1OCc1ccccc1Cl. The zero-order valence-electron chi connectivity index (χ0n) is 16.3. The Bertz CT molecular complexity index is 1290. The first-order valence-electron chi connectivity index (χ1n) is 9.34. The van der Waals surface area contributed by atoms with Crippen LogP contribution in [0.15, 0.2) is 77.4 Å². The standard InChI is InChI=1S/C23H14Cl2N2O5/c24-18-7-3-1-6-15(18)13-31-21-8-4-2-5-14(21)11-20-23(28)32-22(26-20)17-12-16(27(29)30)9-10-19(17)25/h1-12H,13H2/b20-11-. The largest absolute Gasteiger partial charge is 0.488 e.